The average Bonchev–Trinajstić information content (AvgIpc) is 2.83. The van der Waals surface area contributed by atoms with Crippen molar-refractivity contribution in [3.05, 3.63) is 52.7 Å². The molecule has 4 heteroatoms. The molecule has 1 aromatic heterocycles. The number of aryl methyl sites for hydroxylation is 3. The average molecular weight is 273 g/mol. The molecule has 20 heavy (non-hydrogen) atoms. The van der Waals surface area contributed by atoms with E-state index in [9.17, 15) is 4.79 Å². The Morgan fingerprint density at radius 1 is 1.25 bits per heavy atom. The molecular formula is C16H19NO3. The van der Waals surface area contributed by atoms with Crippen LogP contribution in [0.15, 0.2) is 28.7 Å². The number of carboxylic acid groups (broad SMARTS) is 1. The van der Waals surface area contributed by atoms with Gasteiger partial charge in [-0.2, -0.15) is 0 Å². The van der Waals surface area contributed by atoms with Crippen LogP contribution in [0.2, 0.25) is 0 Å². The summed E-state index contributed by atoms with van der Waals surface area (Å²) in [7, 11) is 0. The minimum absolute atomic E-state index is 0.0288. The molecule has 0 spiro atoms. The van der Waals surface area contributed by atoms with Gasteiger partial charge in [-0.15, -0.1) is 0 Å². The standard InChI is InChI=1S/C16H19NO3/c1-10(2)14-15(16(18)19)20-13(17-14)9-8-12-6-4-11(3)5-7-12/h4-7,10H,8-9H2,1-3H3,(H,18,19). The maximum absolute atomic E-state index is 11.1. The number of rotatable bonds is 5. The number of nitrogens with zero attached hydrogens (tertiary/aromatic N) is 1. The SMILES string of the molecule is Cc1ccc(CCc2nc(C(C)C)c(C(=O)O)o2)cc1. The van der Waals surface area contributed by atoms with Crippen LogP contribution < -0.4 is 0 Å². The summed E-state index contributed by atoms with van der Waals surface area (Å²) in [6.45, 7) is 5.87. The Balaban J connectivity index is 2.12. The van der Waals surface area contributed by atoms with Crippen LogP contribution in [-0.4, -0.2) is 16.1 Å². The Morgan fingerprint density at radius 2 is 1.90 bits per heavy atom. The van der Waals surface area contributed by atoms with Gasteiger partial charge in [-0.25, -0.2) is 9.78 Å². The van der Waals surface area contributed by atoms with Gasteiger partial charge in [-0.05, 0) is 24.8 Å². The maximum Gasteiger partial charge on any atom is 0.373 e. The Kier molecular flexibility index (Phi) is 4.23. The van der Waals surface area contributed by atoms with Crippen LogP contribution >= 0.6 is 0 Å². The van der Waals surface area contributed by atoms with Crippen molar-refractivity contribution in [2.45, 2.75) is 39.5 Å². The molecule has 0 atom stereocenters. The molecule has 0 bridgehead atoms. The summed E-state index contributed by atoms with van der Waals surface area (Å²) in [4.78, 5) is 15.4. The molecule has 2 aromatic rings. The highest BCUT2D eigenvalue weighted by atomic mass is 16.4. The molecule has 0 unspecified atom stereocenters. The molecule has 0 saturated carbocycles. The van der Waals surface area contributed by atoms with Crippen LogP contribution in [0.1, 0.15) is 53.0 Å². The largest absolute Gasteiger partial charge is 0.475 e. The molecule has 0 aliphatic carbocycles. The lowest BCUT2D eigenvalue weighted by Crippen LogP contribution is -2.01. The molecule has 2 rings (SSSR count). The highest BCUT2D eigenvalue weighted by Gasteiger charge is 2.21. The van der Waals surface area contributed by atoms with E-state index < -0.39 is 5.97 Å². The molecular weight excluding hydrogens is 254 g/mol. The third kappa shape index (κ3) is 3.26. The van der Waals surface area contributed by atoms with Gasteiger partial charge in [-0.3, -0.25) is 0 Å². The van der Waals surface area contributed by atoms with Gasteiger partial charge in [0.2, 0.25) is 5.76 Å². The van der Waals surface area contributed by atoms with Gasteiger partial charge in [0.25, 0.3) is 0 Å². The molecule has 1 aromatic carbocycles. The number of aromatic carboxylic acids is 1. The van der Waals surface area contributed by atoms with Crippen molar-refractivity contribution in [1.82, 2.24) is 4.98 Å². The van der Waals surface area contributed by atoms with Crippen LogP contribution in [0.25, 0.3) is 0 Å². The highest BCUT2D eigenvalue weighted by molar-refractivity contribution is 5.85. The van der Waals surface area contributed by atoms with Gasteiger partial charge in [0.15, 0.2) is 5.89 Å². The number of carbonyl (C=O) groups is 1. The summed E-state index contributed by atoms with van der Waals surface area (Å²) in [6.07, 6.45) is 1.40. The number of hydrogen-bond donors (Lipinski definition) is 1. The molecule has 0 aliphatic rings. The Hall–Kier alpha value is -2.10. The van der Waals surface area contributed by atoms with Gasteiger partial charge >= 0.3 is 5.97 Å². The first-order chi connectivity index (χ1) is 9.47. The minimum atomic E-state index is -1.05. The summed E-state index contributed by atoms with van der Waals surface area (Å²) in [5.41, 5.74) is 2.94. The van der Waals surface area contributed by atoms with Gasteiger partial charge in [0.05, 0.1) is 5.69 Å². The zero-order valence-electron chi connectivity index (χ0n) is 12.0. The van der Waals surface area contributed by atoms with Crippen LogP contribution in [0.4, 0.5) is 0 Å². The summed E-state index contributed by atoms with van der Waals surface area (Å²) in [5, 5.41) is 9.11. The number of benzene rings is 1. The number of hydrogen-bond acceptors (Lipinski definition) is 3. The molecule has 1 heterocycles. The Bertz CT molecular complexity index is 597. The Morgan fingerprint density at radius 3 is 2.40 bits per heavy atom. The van der Waals surface area contributed by atoms with Gasteiger partial charge in [0.1, 0.15) is 0 Å². The predicted octanol–water partition coefficient (Wildman–Crippen LogP) is 3.59. The summed E-state index contributed by atoms with van der Waals surface area (Å²) < 4.78 is 5.37. The quantitative estimate of drug-likeness (QED) is 0.904. The molecule has 0 fully saturated rings. The predicted molar refractivity (Wildman–Crippen MR) is 76.1 cm³/mol. The molecule has 4 nitrogen and oxygen atoms in total. The fourth-order valence-corrected chi connectivity index (χ4v) is 2.04. The number of oxazole rings is 1. The third-order valence-electron chi connectivity index (χ3n) is 3.19. The number of carboxylic acids is 1. The van der Waals surface area contributed by atoms with E-state index in [1.807, 2.05) is 20.8 Å². The van der Waals surface area contributed by atoms with Crippen molar-refractivity contribution in [1.29, 1.82) is 0 Å². The van der Waals surface area contributed by atoms with Crippen molar-refractivity contribution in [2.24, 2.45) is 0 Å². The highest BCUT2D eigenvalue weighted by Crippen LogP contribution is 2.21. The molecule has 1 N–H and O–H groups in total. The van der Waals surface area contributed by atoms with E-state index in [0.29, 0.717) is 18.0 Å². The second kappa shape index (κ2) is 5.90. The van der Waals surface area contributed by atoms with Gasteiger partial charge in [0, 0.05) is 6.42 Å². The van der Waals surface area contributed by atoms with Crippen molar-refractivity contribution in [3.8, 4) is 0 Å². The van der Waals surface area contributed by atoms with Crippen LogP contribution in [0.5, 0.6) is 0 Å². The van der Waals surface area contributed by atoms with E-state index >= 15 is 0 Å². The molecule has 0 aliphatic heterocycles. The second-order valence-electron chi connectivity index (χ2n) is 5.27. The third-order valence-corrected chi connectivity index (χ3v) is 3.19. The Labute approximate surface area is 118 Å². The topological polar surface area (TPSA) is 63.3 Å². The van der Waals surface area contributed by atoms with Crippen LogP contribution in [0.3, 0.4) is 0 Å². The zero-order chi connectivity index (χ0) is 14.7. The maximum atomic E-state index is 11.1. The van der Waals surface area contributed by atoms with Gasteiger partial charge in [-0.1, -0.05) is 43.7 Å². The van der Waals surface area contributed by atoms with E-state index in [0.717, 1.165) is 6.42 Å². The molecule has 106 valence electrons. The normalized spacial score (nSPS) is 11.0. The lowest BCUT2D eigenvalue weighted by Gasteiger charge is -1.99. The number of aromatic nitrogens is 1. The van der Waals surface area contributed by atoms with Gasteiger partial charge < -0.3 is 9.52 Å². The van der Waals surface area contributed by atoms with Crippen molar-refractivity contribution >= 4 is 5.97 Å². The van der Waals surface area contributed by atoms with Crippen LogP contribution in [0, 0.1) is 6.92 Å². The smallest absolute Gasteiger partial charge is 0.373 e. The lowest BCUT2D eigenvalue weighted by atomic mass is 10.1. The fraction of sp³-hybridized carbons (Fsp3) is 0.375. The van der Waals surface area contributed by atoms with Crippen molar-refractivity contribution < 1.29 is 14.3 Å². The second-order valence-corrected chi connectivity index (χ2v) is 5.27. The van der Waals surface area contributed by atoms with E-state index in [-0.39, 0.29) is 11.7 Å². The lowest BCUT2D eigenvalue weighted by molar-refractivity contribution is 0.0658. The molecule has 0 radical (unpaired) electrons. The van der Waals surface area contributed by atoms with Crippen LogP contribution in [-0.2, 0) is 12.8 Å². The first-order valence-electron chi connectivity index (χ1n) is 6.76. The monoisotopic (exact) mass is 273 g/mol. The van der Waals surface area contributed by atoms with Crippen molar-refractivity contribution in [3.63, 3.8) is 0 Å². The molecule has 0 amide bonds. The first-order valence-corrected chi connectivity index (χ1v) is 6.76. The molecule has 0 saturated heterocycles. The summed E-state index contributed by atoms with van der Waals surface area (Å²) >= 11 is 0. The first kappa shape index (κ1) is 14.3. The summed E-state index contributed by atoms with van der Waals surface area (Å²) in [6, 6.07) is 8.26. The zero-order valence-corrected chi connectivity index (χ0v) is 12.0. The van der Waals surface area contributed by atoms with E-state index in [2.05, 4.69) is 29.2 Å². The summed E-state index contributed by atoms with van der Waals surface area (Å²) in [5.74, 6) is -0.550. The van der Waals surface area contributed by atoms with E-state index in [4.69, 9.17) is 9.52 Å². The fourth-order valence-electron chi connectivity index (χ4n) is 2.04. The van der Waals surface area contributed by atoms with E-state index in [1.54, 1.807) is 0 Å². The van der Waals surface area contributed by atoms with Crippen molar-refractivity contribution in [2.75, 3.05) is 0 Å². The minimum Gasteiger partial charge on any atom is -0.475 e. The van der Waals surface area contributed by atoms with E-state index in [1.165, 1.54) is 11.1 Å².